The molecule has 3 aromatic carbocycles. The Hall–Kier alpha value is -3.32. The number of nitrogens with one attached hydrogen (secondary N) is 1. The number of aromatic hydroxyl groups is 1. The molecule has 0 saturated carbocycles. The molecule has 0 aliphatic rings. The van der Waals surface area contributed by atoms with Gasteiger partial charge in [0.15, 0.2) is 6.61 Å². The number of phenols is 1. The van der Waals surface area contributed by atoms with Crippen LogP contribution in [0, 0.1) is 0 Å². The van der Waals surface area contributed by atoms with E-state index < -0.39 is 11.9 Å². The van der Waals surface area contributed by atoms with Gasteiger partial charge in [0.05, 0.1) is 0 Å². The third-order valence-corrected chi connectivity index (χ3v) is 4.11. The lowest BCUT2D eigenvalue weighted by atomic mass is 10.2. The second kappa shape index (κ2) is 9.05. The fourth-order valence-corrected chi connectivity index (χ4v) is 2.71. The Labute approximate surface area is 169 Å². The highest BCUT2D eigenvalue weighted by atomic mass is 79.9. The molecule has 0 heterocycles. The first-order valence-electron chi connectivity index (χ1n) is 8.30. The fourth-order valence-electron chi connectivity index (χ4n) is 2.34. The van der Waals surface area contributed by atoms with Crippen LogP contribution in [-0.2, 0) is 4.79 Å². The number of halogens is 1. The summed E-state index contributed by atoms with van der Waals surface area (Å²) in [6.07, 6.45) is 0. The Morgan fingerprint density at radius 2 is 1.68 bits per heavy atom. The molecule has 28 heavy (non-hydrogen) atoms. The second-order valence-corrected chi connectivity index (χ2v) is 6.64. The molecule has 0 aliphatic heterocycles. The number of anilines is 1. The van der Waals surface area contributed by atoms with E-state index in [9.17, 15) is 14.7 Å². The van der Waals surface area contributed by atoms with E-state index in [0.29, 0.717) is 17.2 Å². The number of para-hydroxylation sites is 1. The Balaban J connectivity index is 1.58. The zero-order chi connectivity index (χ0) is 19.9. The van der Waals surface area contributed by atoms with Crippen molar-refractivity contribution in [1.29, 1.82) is 0 Å². The van der Waals surface area contributed by atoms with Gasteiger partial charge in [-0.3, -0.25) is 4.79 Å². The van der Waals surface area contributed by atoms with Crippen LogP contribution in [0.1, 0.15) is 10.4 Å². The third kappa shape index (κ3) is 5.34. The molecule has 0 bridgehead atoms. The minimum Gasteiger partial charge on any atom is -0.507 e. The molecule has 0 fully saturated rings. The Kier molecular flexibility index (Phi) is 6.29. The molecule has 0 saturated heterocycles. The summed E-state index contributed by atoms with van der Waals surface area (Å²) in [4.78, 5) is 24.2. The minimum absolute atomic E-state index is 0.00719. The van der Waals surface area contributed by atoms with Gasteiger partial charge < -0.3 is 19.9 Å². The summed E-state index contributed by atoms with van der Waals surface area (Å²) in [7, 11) is 0. The van der Waals surface area contributed by atoms with E-state index in [1.165, 1.54) is 18.2 Å². The number of hydrogen-bond donors (Lipinski definition) is 2. The summed E-state index contributed by atoms with van der Waals surface area (Å²) in [5.41, 5.74) is 0.323. The van der Waals surface area contributed by atoms with Crippen LogP contribution >= 0.6 is 15.9 Å². The largest absolute Gasteiger partial charge is 0.507 e. The quantitative estimate of drug-likeness (QED) is 0.437. The average Bonchev–Trinajstić information content (AvgIpc) is 2.67. The van der Waals surface area contributed by atoms with Gasteiger partial charge >= 0.3 is 5.97 Å². The first kappa shape index (κ1) is 19.4. The molecule has 7 heteroatoms. The van der Waals surface area contributed by atoms with Gasteiger partial charge in [-0.25, -0.2) is 4.79 Å². The number of benzene rings is 3. The molecule has 0 spiro atoms. The molecule has 3 rings (SSSR count). The highest BCUT2D eigenvalue weighted by molar-refractivity contribution is 9.10. The molecule has 0 atom stereocenters. The predicted octanol–water partition coefficient (Wildman–Crippen LogP) is 4.39. The number of amides is 1. The maximum absolute atomic E-state index is 12.2. The molecule has 142 valence electrons. The Morgan fingerprint density at radius 3 is 2.39 bits per heavy atom. The monoisotopic (exact) mass is 441 g/mol. The number of phenolic OH excluding ortho intramolecular Hbond substituents is 1. The van der Waals surface area contributed by atoms with E-state index in [0.717, 1.165) is 4.47 Å². The van der Waals surface area contributed by atoms with Crippen molar-refractivity contribution in [2.45, 2.75) is 0 Å². The molecule has 2 N–H and O–H groups in total. The van der Waals surface area contributed by atoms with E-state index in [2.05, 4.69) is 21.2 Å². The summed E-state index contributed by atoms with van der Waals surface area (Å²) in [5, 5.41) is 12.7. The van der Waals surface area contributed by atoms with Crippen LogP contribution in [-0.4, -0.2) is 23.6 Å². The topological polar surface area (TPSA) is 84.9 Å². The van der Waals surface area contributed by atoms with Crippen LogP contribution in [0.2, 0.25) is 0 Å². The van der Waals surface area contributed by atoms with Crippen LogP contribution in [0.15, 0.2) is 77.3 Å². The number of carbonyl (C=O) groups is 2. The van der Waals surface area contributed by atoms with Gasteiger partial charge in [0.2, 0.25) is 0 Å². The van der Waals surface area contributed by atoms with Crippen molar-refractivity contribution in [3.63, 3.8) is 0 Å². The minimum atomic E-state index is -0.695. The molecule has 3 aromatic rings. The number of rotatable bonds is 6. The Morgan fingerprint density at radius 1 is 0.929 bits per heavy atom. The molecule has 1 amide bonds. The lowest BCUT2D eigenvalue weighted by Gasteiger charge is -2.10. The molecule has 6 nitrogen and oxygen atoms in total. The van der Waals surface area contributed by atoms with Crippen LogP contribution in [0.5, 0.6) is 17.2 Å². The number of carbonyl (C=O) groups excluding carboxylic acids is 2. The van der Waals surface area contributed by atoms with E-state index >= 15 is 0 Å². The fraction of sp³-hybridized carbons (Fsp3) is 0.0476. The van der Waals surface area contributed by atoms with Crippen molar-refractivity contribution in [2.24, 2.45) is 0 Å². The van der Waals surface area contributed by atoms with E-state index in [4.69, 9.17) is 9.47 Å². The molecule has 0 aliphatic carbocycles. The van der Waals surface area contributed by atoms with Crippen LogP contribution in [0.3, 0.4) is 0 Å². The van der Waals surface area contributed by atoms with Crippen molar-refractivity contribution in [3.05, 3.63) is 82.8 Å². The van der Waals surface area contributed by atoms with E-state index in [1.54, 1.807) is 48.5 Å². The van der Waals surface area contributed by atoms with Crippen molar-refractivity contribution in [3.8, 4) is 17.2 Å². The summed E-state index contributed by atoms with van der Waals surface area (Å²) < 4.78 is 11.4. The first-order valence-corrected chi connectivity index (χ1v) is 9.09. The standard InChI is InChI=1S/C21H16BrNO5/c22-14-5-4-8-17(11-14)27-13-20(25)23-15-9-10-18(19(24)12-15)21(26)28-16-6-2-1-3-7-16/h1-12,24H,13H2,(H,23,25). The van der Waals surface area contributed by atoms with Gasteiger partial charge in [0.1, 0.15) is 22.8 Å². The van der Waals surface area contributed by atoms with Crippen molar-refractivity contribution < 1.29 is 24.2 Å². The van der Waals surface area contributed by atoms with Crippen LogP contribution < -0.4 is 14.8 Å². The highest BCUT2D eigenvalue weighted by Crippen LogP contribution is 2.24. The van der Waals surface area contributed by atoms with Gasteiger partial charge in [-0.15, -0.1) is 0 Å². The molecule has 0 aromatic heterocycles. The van der Waals surface area contributed by atoms with E-state index in [-0.39, 0.29) is 17.9 Å². The molecular formula is C21H16BrNO5. The van der Waals surface area contributed by atoms with Gasteiger partial charge in [0, 0.05) is 16.2 Å². The average molecular weight is 442 g/mol. The van der Waals surface area contributed by atoms with Gasteiger partial charge in [-0.05, 0) is 42.5 Å². The molecule has 0 unspecified atom stereocenters. The van der Waals surface area contributed by atoms with Gasteiger partial charge in [0.25, 0.3) is 5.91 Å². The van der Waals surface area contributed by atoms with E-state index in [1.807, 2.05) is 6.07 Å². The summed E-state index contributed by atoms with van der Waals surface area (Å²) in [6.45, 7) is -0.199. The Bertz CT molecular complexity index is 991. The molecular weight excluding hydrogens is 426 g/mol. The third-order valence-electron chi connectivity index (χ3n) is 3.62. The lowest BCUT2D eigenvalue weighted by Crippen LogP contribution is -2.20. The summed E-state index contributed by atoms with van der Waals surface area (Å²) >= 11 is 3.32. The zero-order valence-corrected chi connectivity index (χ0v) is 16.2. The number of hydrogen-bond acceptors (Lipinski definition) is 5. The summed E-state index contributed by atoms with van der Waals surface area (Å²) in [6, 6.07) is 19.8. The SMILES string of the molecule is O=C(COc1cccc(Br)c1)Nc1ccc(C(=O)Oc2ccccc2)c(O)c1. The highest BCUT2D eigenvalue weighted by Gasteiger charge is 2.15. The van der Waals surface area contributed by atoms with Crippen LogP contribution in [0.25, 0.3) is 0 Å². The van der Waals surface area contributed by atoms with Crippen molar-refractivity contribution in [1.82, 2.24) is 0 Å². The number of ether oxygens (including phenoxy) is 2. The summed E-state index contributed by atoms with van der Waals surface area (Å²) in [5.74, 6) is -0.481. The van der Waals surface area contributed by atoms with Gasteiger partial charge in [-0.2, -0.15) is 0 Å². The van der Waals surface area contributed by atoms with Crippen molar-refractivity contribution in [2.75, 3.05) is 11.9 Å². The normalized spacial score (nSPS) is 10.2. The smallest absolute Gasteiger partial charge is 0.347 e. The number of esters is 1. The maximum atomic E-state index is 12.2. The first-order chi connectivity index (χ1) is 13.5. The van der Waals surface area contributed by atoms with Gasteiger partial charge in [-0.1, -0.05) is 40.2 Å². The second-order valence-electron chi connectivity index (χ2n) is 5.73. The molecule has 0 radical (unpaired) electrons. The van der Waals surface area contributed by atoms with Crippen molar-refractivity contribution >= 4 is 33.5 Å². The maximum Gasteiger partial charge on any atom is 0.347 e. The van der Waals surface area contributed by atoms with Crippen LogP contribution in [0.4, 0.5) is 5.69 Å². The zero-order valence-electron chi connectivity index (χ0n) is 14.6. The lowest BCUT2D eigenvalue weighted by molar-refractivity contribution is -0.118. The predicted molar refractivity (Wildman–Crippen MR) is 108 cm³/mol.